The number of hydrogen-bond acceptors (Lipinski definition) is 6. The van der Waals surface area contributed by atoms with Gasteiger partial charge >= 0.3 is 0 Å². The standard InChI is InChI=1S/C16H20N2O5/c1-20-5-6-22-15-8-12(3-4-14(15)21-2)18-16(19)11-7-13(9-17)23-10-11/h3-4,7-8,10H,5-6,9,17H2,1-2H3,(H,18,19). The third-order valence-corrected chi connectivity index (χ3v) is 3.08. The highest BCUT2D eigenvalue weighted by atomic mass is 16.5. The number of benzene rings is 1. The molecule has 3 N–H and O–H groups in total. The number of furan rings is 1. The van der Waals surface area contributed by atoms with Crippen molar-refractivity contribution in [2.75, 3.05) is 32.8 Å². The molecule has 0 fully saturated rings. The number of carbonyl (C=O) groups is 1. The molecule has 0 aliphatic carbocycles. The van der Waals surface area contributed by atoms with Gasteiger partial charge in [0.15, 0.2) is 11.5 Å². The third kappa shape index (κ3) is 4.48. The number of nitrogens with one attached hydrogen (secondary N) is 1. The predicted octanol–water partition coefficient (Wildman–Crippen LogP) is 2.02. The molecule has 1 heterocycles. The SMILES string of the molecule is COCCOc1cc(NC(=O)c2coc(CN)c2)ccc1OC. The van der Waals surface area contributed by atoms with Gasteiger partial charge in [-0.15, -0.1) is 0 Å². The molecule has 0 atom stereocenters. The van der Waals surface area contributed by atoms with Crippen LogP contribution in [0.2, 0.25) is 0 Å². The second-order valence-corrected chi connectivity index (χ2v) is 4.67. The number of amides is 1. The van der Waals surface area contributed by atoms with Crippen LogP contribution in [0.15, 0.2) is 34.9 Å². The van der Waals surface area contributed by atoms with E-state index in [0.29, 0.717) is 41.7 Å². The van der Waals surface area contributed by atoms with E-state index in [0.717, 1.165) is 0 Å². The Morgan fingerprint density at radius 3 is 2.70 bits per heavy atom. The minimum atomic E-state index is -0.290. The summed E-state index contributed by atoms with van der Waals surface area (Å²) in [4.78, 5) is 12.2. The number of methoxy groups -OCH3 is 2. The van der Waals surface area contributed by atoms with Gasteiger partial charge in [-0.1, -0.05) is 0 Å². The highest BCUT2D eigenvalue weighted by Gasteiger charge is 2.12. The van der Waals surface area contributed by atoms with E-state index in [1.54, 1.807) is 38.5 Å². The molecule has 0 spiro atoms. The van der Waals surface area contributed by atoms with Crippen molar-refractivity contribution in [3.63, 3.8) is 0 Å². The van der Waals surface area contributed by atoms with Crippen LogP contribution in [0.4, 0.5) is 5.69 Å². The number of ether oxygens (including phenoxy) is 3. The van der Waals surface area contributed by atoms with Crippen LogP contribution < -0.4 is 20.5 Å². The largest absolute Gasteiger partial charge is 0.493 e. The van der Waals surface area contributed by atoms with Gasteiger partial charge in [-0.3, -0.25) is 4.79 Å². The average molecular weight is 320 g/mol. The van der Waals surface area contributed by atoms with E-state index >= 15 is 0 Å². The lowest BCUT2D eigenvalue weighted by Gasteiger charge is -2.12. The van der Waals surface area contributed by atoms with Crippen LogP contribution in [-0.4, -0.2) is 33.3 Å². The molecule has 0 aliphatic heterocycles. The Kier molecular flexibility index (Phi) is 6.02. The third-order valence-electron chi connectivity index (χ3n) is 3.08. The van der Waals surface area contributed by atoms with Gasteiger partial charge < -0.3 is 29.7 Å². The molecule has 7 nitrogen and oxygen atoms in total. The number of rotatable bonds is 8. The fourth-order valence-electron chi connectivity index (χ4n) is 1.91. The average Bonchev–Trinajstić information content (AvgIpc) is 3.04. The first-order chi connectivity index (χ1) is 11.2. The van der Waals surface area contributed by atoms with Crippen LogP contribution in [0.25, 0.3) is 0 Å². The van der Waals surface area contributed by atoms with Crippen LogP contribution in [0.3, 0.4) is 0 Å². The number of anilines is 1. The highest BCUT2D eigenvalue weighted by Crippen LogP contribution is 2.30. The van der Waals surface area contributed by atoms with Crippen LogP contribution in [0.5, 0.6) is 11.5 Å². The van der Waals surface area contributed by atoms with Crippen LogP contribution in [0.1, 0.15) is 16.1 Å². The van der Waals surface area contributed by atoms with Crippen molar-refractivity contribution in [2.45, 2.75) is 6.54 Å². The summed E-state index contributed by atoms with van der Waals surface area (Å²) >= 11 is 0. The zero-order valence-electron chi connectivity index (χ0n) is 13.1. The lowest BCUT2D eigenvalue weighted by atomic mass is 10.2. The first kappa shape index (κ1) is 16.9. The minimum Gasteiger partial charge on any atom is -0.493 e. The summed E-state index contributed by atoms with van der Waals surface area (Å²) in [6.45, 7) is 1.08. The molecule has 23 heavy (non-hydrogen) atoms. The van der Waals surface area contributed by atoms with Crippen molar-refractivity contribution in [2.24, 2.45) is 5.73 Å². The second-order valence-electron chi connectivity index (χ2n) is 4.67. The fourth-order valence-corrected chi connectivity index (χ4v) is 1.91. The molecule has 0 aliphatic rings. The highest BCUT2D eigenvalue weighted by molar-refractivity contribution is 6.04. The smallest absolute Gasteiger partial charge is 0.258 e. The van der Waals surface area contributed by atoms with Gasteiger partial charge in [0, 0.05) is 18.9 Å². The summed E-state index contributed by atoms with van der Waals surface area (Å²) in [6, 6.07) is 6.74. The maximum absolute atomic E-state index is 12.2. The summed E-state index contributed by atoms with van der Waals surface area (Å²) < 4.78 is 20.9. The summed E-state index contributed by atoms with van der Waals surface area (Å²) in [5.41, 5.74) is 6.45. The molecular weight excluding hydrogens is 300 g/mol. The quantitative estimate of drug-likeness (QED) is 0.723. The molecule has 0 unspecified atom stereocenters. The summed E-state index contributed by atoms with van der Waals surface area (Å²) in [5, 5.41) is 2.77. The number of hydrogen-bond donors (Lipinski definition) is 2. The van der Waals surface area contributed by atoms with E-state index in [1.807, 2.05) is 0 Å². The Morgan fingerprint density at radius 2 is 2.04 bits per heavy atom. The molecule has 7 heteroatoms. The van der Waals surface area contributed by atoms with Crippen LogP contribution in [0, 0.1) is 0 Å². The molecule has 0 saturated carbocycles. The van der Waals surface area contributed by atoms with Gasteiger partial charge in [-0.2, -0.15) is 0 Å². The van der Waals surface area contributed by atoms with E-state index in [-0.39, 0.29) is 12.5 Å². The molecule has 1 aromatic heterocycles. The minimum absolute atomic E-state index is 0.243. The van der Waals surface area contributed by atoms with Crippen molar-refractivity contribution in [1.82, 2.24) is 0 Å². The Labute approximate surface area is 134 Å². The maximum atomic E-state index is 12.2. The van der Waals surface area contributed by atoms with Crippen molar-refractivity contribution >= 4 is 11.6 Å². The molecule has 124 valence electrons. The van der Waals surface area contributed by atoms with Crippen molar-refractivity contribution in [1.29, 1.82) is 0 Å². The van der Waals surface area contributed by atoms with Gasteiger partial charge in [0.1, 0.15) is 18.6 Å². The zero-order valence-corrected chi connectivity index (χ0v) is 13.1. The predicted molar refractivity (Wildman–Crippen MR) is 84.9 cm³/mol. The Morgan fingerprint density at radius 1 is 1.22 bits per heavy atom. The van der Waals surface area contributed by atoms with Gasteiger partial charge in [-0.05, 0) is 18.2 Å². The fraction of sp³-hybridized carbons (Fsp3) is 0.312. The molecular formula is C16H20N2O5. The Balaban J connectivity index is 2.09. The van der Waals surface area contributed by atoms with Gasteiger partial charge in [0.25, 0.3) is 5.91 Å². The Bertz CT molecular complexity index is 654. The monoisotopic (exact) mass is 320 g/mol. The van der Waals surface area contributed by atoms with Crippen molar-refractivity contribution in [3.8, 4) is 11.5 Å². The maximum Gasteiger partial charge on any atom is 0.258 e. The van der Waals surface area contributed by atoms with E-state index in [9.17, 15) is 4.79 Å². The molecule has 0 saturated heterocycles. The van der Waals surface area contributed by atoms with E-state index in [2.05, 4.69) is 5.32 Å². The van der Waals surface area contributed by atoms with Gasteiger partial charge in [-0.25, -0.2) is 0 Å². The van der Waals surface area contributed by atoms with Gasteiger partial charge in [0.05, 0.1) is 25.8 Å². The molecule has 1 aromatic carbocycles. The normalized spacial score (nSPS) is 10.4. The molecule has 0 radical (unpaired) electrons. The summed E-state index contributed by atoms with van der Waals surface area (Å²) in [6.07, 6.45) is 1.37. The van der Waals surface area contributed by atoms with Crippen molar-refractivity contribution < 1.29 is 23.4 Å². The molecule has 1 amide bonds. The zero-order chi connectivity index (χ0) is 16.7. The van der Waals surface area contributed by atoms with E-state index < -0.39 is 0 Å². The van der Waals surface area contributed by atoms with Gasteiger partial charge in [0.2, 0.25) is 0 Å². The Hall–Kier alpha value is -2.51. The topological polar surface area (TPSA) is 96.0 Å². The summed E-state index contributed by atoms with van der Waals surface area (Å²) in [5.74, 6) is 1.36. The van der Waals surface area contributed by atoms with E-state index in [1.165, 1.54) is 6.26 Å². The number of nitrogens with two attached hydrogens (primary N) is 1. The first-order valence-corrected chi connectivity index (χ1v) is 7.06. The second kappa shape index (κ2) is 8.21. The first-order valence-electron chi connectivity index (χ1n) is 7.06. The molecule has 2 aromatic rings. The van der Waals surface area contributed by atoms with Crippen molar-refractivity contribution in [3.05, 3.63) is 41.9 Å². The molecule has 2 rings (SSSR count). The van der Waals surface area contributed by atoms with Crippen LogP contribution >= 0.6 is 0 Å². The summed E-state index contributed by atoms with van der Waals surface area (Å²) in [7, 11) is 3.15. The lowest BCUT2D eigenvalue weighted by Crippen LogP contribution is -2.11. The van der Waals surface area contributed by atoms with E-state index in [4.69, 9.17) is 24.4 Å². The molecule has 0 bridgehead atoms. The lowest BCUT2D eigenvalue weighted by molar-refractivity contribution is 0.102. The van der Waals surface area contributed by atoms with Crippen LogP contribution in [-0.2, 0) is 11.3 Å². The number of carbonyl (C=O) groups excluding carboxylic acids is 1.